The molecule has 0 atom stereocenters. The lowest BCUT2D eigenvalue weighted by Crippen LogP contribution is -2.58. The van der Waals surface area contributed by atoms with E-state index in [1.165, 1.54) is 0 Å². The molecule has 4 heterocycles. The Morgan fingerprint density at radius 3 is 2.26 bits per heavy atom. The molecule has 1 fully saturated rings. The van der Waals surface area contributed by atoms with Gasteiger partial charge in [-0.1, -0.05) is 17.4 Å². The van der Waals surface area contributed by atoms with Gasteiger partial charge >= 0.3 is 0 Å². The molecule has 1 aliphatic rings. The summed E-state index contributed by atoms with van der Waals surface area (Å²) >= 11 is 0. The summed E-state index contributed by atoms with van der Waals surface area (Å²) in [6.07, 6.45) is 7.45. The Labute approximate surface area is 229 Å². The van der Waals surface area contributed by atoms with Crippen LogP contribution in [-0.4, -0.2) is 109 Å². The molecule has 0 radical (unpaired) electrons. The van der Waals surface area contributed by atoms with Crippen LogP contribution in [0.15, 0.2) is 61.2 Å². The van der Waals surface area contributed by atoms with Gasteiger partial charge in [0, 0.05) is 61.3 Å². The average Bonchev–Trinajstić information content (AvgIpc) is 3.39. The van der Waals surface area contributed by atoms with Gasteiger partial charge in [-0.2, -0.15) is 5.10 Å². The number of nitrogens with zero attached hydrogens (tertiary/aromatic N) is 6. The van der Waals surface area contributed by atoms with E-state index in [-0.39, 0.29) is 16.4 Å². The van der Waals surface area contributed by atoms with Crippen LogP contribution in [0.2, 0.25) is 0 Å². The van der Waals surface area contributed by atoms with Gasteiger partial charge in [-0.15, -0.1) is 0 Å². The molecule has 1 aliphatic heterocycles. The van der Waals surface area contributed by atoms with Gasteiger partial charge in [0.25, 0.3) is 5.91 Å². The van der Waals surface area contributed by atoms with E-state index in [0.29, 0.717) is 11.4 Å². The number of fused-ring (bicyclic) bond motifs is 1. The largest absolute Gasteiger partial charge is 0.354 e. The molecule has 3 aromatic heterocycles. The maximum atomic E-state index is 13.1. The molecular formula is C24H31B6N7O. The lowest BCUT2D eigenvalue weighted by atomic mass is 9.48. The van der Waals surface area contributed by atoms with Crippen LogP contribution >= 0.6 is 0 Å². The molecule has 1 saturated heterocycles. The Balaban J connectivity index is 1.31. The van der Waals surface area contributed by atoms with Gasteiger partial charge in [0.2, 0.25) is 0 Å². The second-order valence-corrected chi connectivity index (χ2v) is 12.0. The highest BCUT2D eigenvalue weighted by atomic mass is 16.1. The molecule has 4 aromatic rings. The fraction of sp³-hybridized carbons (Fsp3) is 0.250. The van der Waals surface area contributed by atoms with E-state index in [0.717, 1.165) is 53.9 Å². The molecule has 5 rings (SSSR count). The second kappa shape index (κ2) is 10.1. The fourth-order valence-corrected chi connectivity index (χ4v) is 4.76. The molecule has 0 unspecified atom stereocenters. The van der Waals surface area contributed by atoms with Crippen molar-refractivity contribution in [3.63, 3.8) is 0 Å². The molecule has 1 N–H and O–H groups in total. The maximum absolute atomic E-state index is 13.1. The molecule has 0 aliphatic carbocycles. The van der Waals surface area contributed by atoms with Crippen LogP contribution in [-0.2, 0) is 5.24 Å². The van der Waals surface area contributed by atoms with Crippen LogP contribution < -0.4 is 10.2 Å². The number of aromatic nitrogens is 4. The lowest BCUT2D eigenvalue weighted by molar-refractivity contribution is 0.102. The number of pyridine rings is 2. The predicted octanol–water partition coefficient (Wildman–Crippen LogP) is -3.15. The van der Waals surface area contributed by atoms with E-state index in [9.17, 15) is 4.79 Å². The minimum absolute atomic E-state index is 0.0793. The average molecular weight is 498 g/mol. The van der Waals surface area contributed by atoms with Gasteiger partial charge in [0.1, 0.15) is 58.7 Å². The van der Waals surface area contributed by atoms with Gasteiger partial charge in [0.05, 0.1) is 6.20 Å². The summed E-state index contributed by atoms with van der Waals surface area (Å²) in [6.45, 7) is 3.72. The lowest BCUT2D eigenvalue weighted by Gasteiger charge is -2.43. The van der Waals surface area contributed by atoms with Crippen molar-refractivity contribution in [3.05, 3.63) is 66.7 Å². The highest BCUT2D eigenvalue weighted by Gasteiger charge is 2.26. The zero-order valence-electron chi connectivity index (χ0n) is 23.2. The van der Waals surface area contributed by atoms with Crippen LogP contribution in [0.4, 0.5) is 11.6 Å². The van der Waals surface area contributed by atoms with Gasteiger partial charge in [-0.3, -0.25) is 9.48 Å². The Kier molecular flexibility index (Phi) is 6.94. The van der Waals surface area contributed by atoms with Crippen molar-refractivity contribution in [3.8, 4) is 11.1 Å². The van der Waals surface area contributed by atoms with E-state index >= 15 is 0 Å². The number of carbonyl (C=O) groups is 1. The van der Waals surface area contributed by atoms with Crippen molar-refractivity contribution in [2.24, 2.45) is 0 Å². The van der Waals surface area contributed by atoms with Gasteiger partial charge in [-0.25, -0.2) is 9.97 Å². The van der Waals surface area contributed by atoms with E-state index < -0.39 is 0 Å². The van der Waals surface area contributed by atoms with Crippen molar-refractivity contribution in [2.75, 3.05) is 36.4 Å². The van der Waals surface area contributed by atoms with Crippen LogP contribution in [0, 0.1) is 0 Å². The summed E-state index contributed by atoms with van der Waals surface area (Å²) < 4.78 is 1.97. The predicted molar refractivity (Wildman–Crippen MR) is 171 cm³/mol. The minimum Gasteiger partial charge on any atom is -0.354 e. The first-order valence-corrected chi connectivity index (χ1v) is 13.2. The van der Waals surface area contributed by atoms with Crippen molar-refractivity contribution < 1.29 is 4.79 Å². The molecule has 0 saturated carbocycles. The number of amides is 1. The standard InChI is InChI=1S/C24H31B6N7O/c25-23(26,27)36-7-5-35(6-8-36)21-11-16(3-4-31-21)22(38)34-20-10-18-9-15(1-2-17(18)12-32-20)19-13-33-37(14-19)24(28,29)30/h1-4,9-14H,5-8,25-30H2,(H,32,34,38). The number of hydrogen-bond acceptors (Lipinski definition) is 6. The zero-order valence-corrected chi connectivity index (χ0v) is 23.2. The summed E-state index contributed by atoms with van der Waals surface area (Å²) in [7, 11) is 13.1. The Bertz CT molecular complexity index is 1480. The second-order valence-electron chi connectivity index (χ2n) is 12.0. The minimum atomic E-state index is -0.198. The molecule has 0 bridgehead atoms. The summed E-state index contributed by atoms with van der Waals surface area (Å²) in [4.78, 5) is 26.9. The molecule has 8 nitrogen and oxygen atoms in total. The van der Waals surface area contributed by atoms with Gasteiger partial charge in [0.15, 0.2) is 0 Å². The Hall–Kier alpha value is -3.39. The molecule has 1 aromatic carbocycles. The molecule has 0 spiro atoms. The first-order valence-electron chi connectivity index (χ1n) is 13.2. The smallest absolute Gasteiger partial charge is 0.257 e. The summed E-state index contributed by atoms with van der Waals surface area (Å²) in [5.74, 6) is 1.15. The SMILES string of the molecule is BC(B)(B)N1CCN(c2cc(C(=O)Nc3cc4cc(-c5cnn(C(B)(B)B)c5)ccc4cn3)ccn2)CC1. The molecule has 186 valence electrons. The quantitative estimate of drug-likeness (QED) is 0.283. The Morgan fingerprint density at radius 1 is 0.816 bits per heavy atom. The molecule has 14 heteroatoms. The third-order valence-corrected chi connectivity index (χ3v) is 7.13. The third-order valence-electron chi connectivity index (χ3n) is 7.13. The molecular weight excluding hydrogens is 467 g/mol. The number of nitrogens with one attached hydrogen (secondary N) is 1. The van der Waals surface area contributed by atoms with Crippen LogP contribution in [0.5, 0.6) is 0 Å². The molecule has 38 heavy (non-hydrogen) atoms. The first kappa shape index (κ1) is 26.2. The summed E-state index contributed by atoms with van der Waals surface area (Å²) in [5, 5.41) is 9.59. The van der Waals surface area contributed by atoms with Crippen LogP contribution in [0.3, 0.4) is 0 Å². The van der Waals surface area contributed by atoms with Crippen LogP contribution in [0.25, 0.3) is 21.9 Å². The number of carbonyl (C=O) groups excluding carboxylic acids is 1. The van der Waals surface area contributed by atoms with E-state index in [1.807, 2.05) is 29.1 Å². The van der Waals surface area contributed by atoms with Crippen molar-refractivity contribution >= 4 is 75.4 Å². The van der Waals surface area contributed by atoms with E-state index in [4.69, 9.17) is 0 Å². The number of hydrogen-bond donors (Lipinski definition) is 1. The maximum Gasteiger partial charge on any atom is 0.257 e. The Morgan fingerprint density at radius 2 is 1.58 bits per heavy atom. The van der Waals surface area contributed by atoms with Gasteiger partial charge < -0.3 is 15.1 Å². The number of anilines is 2. The number of rotatable bonds is 6. The number of piperazine rings is 1. The summed E-state index contributed by atoms with van der Waals surface area (Å²) in [6, 6.07) is 11.8. The summed E-state index contributed by atoms with van der Waals surface area (Å²) in [5.41, 5.74) is 2.69. The third kappa shape index (κ3) is 5.70. The zero-order chi connectivity index (χ0) is 27.1. The fourth-order valence-electron chi connectivity index (χ4n) is 4.76. The molecule has 1 amide bonds. The highest BCUT2D eigenvalue weighted by molar-refractivity contribution is 6.59. The first-order chi connectivity index (χ1) is 18.0. The van der Waals surface area contributed by atoms with E-state index in [2.05, 4.69) is 95.6 Å². The highest BCUT2D eigenvalue weighted by Crippen LogP contribution is 2.26. The van der Waals surface area contributed by atoms with Crippen molar-refractivity contribution in [1.82, 2.24) is 24.6 Å². The monoisotopic (exact) mass is 499 g/mol. The van der Waals surface area contributed by atoms with Gasteiger partial charge in [-0.05, 0) is 40.5 Å². The van der Waals surface area contributed by atoms with Crippen molar-refractivity contribution in [1.29, 1.82) is 0 Å². The van der Waals surface area contributed by atoms with Crippen molar-refractivity contribution in [2.45, 2.75) is 10.5 Å². The topological polar surface area (TPSA) is 79.2 Å². The number of benzene rings is 1. The normalized spacial score (nSPS) is 15.0. The van der Waals surface area contributed by atoms with Crippen LogP contribution in [0.1, 0.15) is 10.4 Å². The van der Waals surface area contributed by atoms with E-state index in [1.54, 1.807) is 18.5 Å².